The van der Waals surface area contributed by atoms with Crippen molar-refractivity contribution < 1.29 is 0 Å². The van der Waals surface area contributed by atoms with E-state index in [2.05, 4.69) is 57.6 Å². The summed E-state index contributed by atoms with van der Waals surface area (Å²) >= 11 is 0. The highest BCUT2D eigenvalue weighted by Crippen LogP contribution is 2.26. The minimum atomic E-state index is 0.0991. The van der Waals surface area contributed by atoms with Crippen LogP contribution in [0.3, 0.4) is 0 Å². The standard InChI is InChI=1S/C21H33N5/c1-21(2,3)20-19(14-23-24-20)16-26(15-18-8-5-4-6-9-18)12-7-11-25-13-10-22-17-25/h4-5,10,13-14,17-18H,6-9,11-12,15-16H2,1-3H3,(H,23,24)/t18-/m0/s1. The molecule has 0 amide bonds. The third-order valence-electron chi connectivity index (χ3n) is 5.21. The van der Waals surface area contributed by atoms with E-state index in [1.165, 1.54) is 37.1 Å². The maximum absolute atomic E-state index is 4.33. The monoisotopic (exact) mass is 355 g/mol. The number of imidazole rings is 1. The molecule has 2 aromatic rings. The van der Waals surface area contributed by atoms with Crippen LogP contribution < -0.4 is 0 Å². The van der Waals surface area contributed by atoms with Gasteiger partial charge in [-0.2, -0.15) is 5.10 Å². The third-order valence-corrected chi connectivity index (χ3v) is 5.21. The van der Waals surface area contributed by atoms with Crippen LogP contribution in [0, 0.1) is 5.92 Å². The second-order valence-electron chi connectivity index (χ2n) is 8.56. The molecule has 0 saturated heterocycles. The maximum atomic E-state index is 4.33. The lowest BCUT2D eigenvalue weighted by Gasteiger charge is -2.29. The lowest BCUT2D eigenvalue weighted by molar-refractivity contribution is 0.208. The summed E-state index contributed by atoms with van der Waals surface area (Å²) in [4.78, 5) is 6.77. The van der Waals surface area contributed by atoms with E-state index in [1.54, 1.807) is 0 Å². The molecule has 0 bridgehead atoms. The van der Waals surface area contributed by atoms with E-state index in [0.29, 0.717) is 0 Å². The fourth-order valence-electron chi connectivity index (χ4n) is 3.84. The van der Waals surface area contributed by atoms with E-state index in [1.807, 2.05) is 24.9 Å². The molecule has 1 atom stereocenters. The Bertz CT molecular complexity index is 678. The summed E-state index contributed by atoms with van der Waals surface area (Å²) in [6, 6.07) is 0. The first-order valence-electron chi connectivity index (χ1n) is 9.88. The van der Waals surface area contributed by atoms with Gasteiger partial charge in [0.25, 0.3) is 0 Å². The van der Waals surface area contributed by atoms with Crippen LogP contribution in [0.4, 0.5) is 0 Å². The summed E-state index contributed by atoms with van der Waals surface area (Å²) in [5.41, 5.74) is 2.70. The highest BCUT2D eigenvalue weighted by Gasteiger charge is 2.22. The lowest BCUT2D eigenvalue weighted by atomic mass is 9.89. The second kappa shape index (κ2) is 8.67. The van der Waals surface area contributed by atoms with Gasteiger partial charge in [0.05, 0.1) is 12.5 Å². The molecular formula is C21H33N5. The maximum Gasteiger partial charge on any atom is 0.0945 e. The molecule has 3 rings (SSSR count). The molecule has 0 fully saturated rings. The Morgan fingerprint density at radius 2 is 2.19 bits per heavy atom. The van der Waals surface area contributed by atoms with E-state index in [-0.39, 0.29) is 5.41 Å². The van der Waals surface area contributed by atoms with Crippen molar-refractivity contribution in [3.05, 3.63) is 48.3 Å². The molecule has 26 heavy (non-hydrogen) atoms. The van der Waals surface area contributed by atoms with E-state index >= 15 is 0 Å². The van der Waals surface area contributed by atoms with Crippen molar-refractivity contribution >= 4 is 0 Å². The van der Waals surface area contributed by atoms with Crippen LogP contribution in [0.1, 0.15) is 57.7 Å². The minimum absolute atomic E-state index is 0.0991. The summed E-state index contributed by atoms with van der Waals surface area (Å²) in [5, 5.41) is 7.57. The third kappa shape index (κ3) is 5.31. The van der Waals surface area contributed by atoms with Gasteiger partial charge in [0.2, 0.25) is 0 Å². The molecule has 1 aliphatic carbocycles. The summed E-state index contributed by atoms with van der Waals surface area (Å²) in [6.07, 6.45) is 17.4. The van der Waals surface area contributed by atoms with E-state index < -0.39 is 0 Å². The number of hydrogen-bond acceptors (Lipinski definition) is 3. The molecule has 0 unspecified atom stereocenters. The van der Waals surface area contributed by atoms with Gasteiger partial charge < -0.3 is 4.57 Å². The summed E-state index contributed by atoms with van der Waals surface area (Å²) in [7, 11) is 0. The van der Waals surface area contributed by atoms with Gasteiger partial charge in [-0.15, -0.1) is 0 Å². The van der Waals surface area contributed by atoms with Gasteiger partial charge in [-0.1, -0.05) is 32.9 Å². The van der Waals surface area contributed by atoms with Crippen molar-refractivity contribution in [3.8, 4) is 0 Å². The molecule has 0 radical (unpaired) electrons. The number of aromatic amines is 1. The molecule has 142 valence electrons. The van der Waals surface area contributed by atoms with E-state index in [9.17, 15) is 0 Å². The molecule has 0 spiro atoms. The van der Waals surface area contributed by atoms with E-state index in [0.717, 1.165) is 32.0 Å². The summed E-state index contributed by atoms with van der Waals surface area (Å²) in [6.45, 7) is 11.0. The summed E-state index contributed by atoms with van der Waals surface area (Å²) in [5.74, 6) is 0.776. The van der Waals surface area contributed by atoms with Crippen LogP contribution in [0.15, 0.2) is 37.1 Å². The van der Waals surface area contributed by atoms with Gasteiger partial charge in [-0.05, 0) is 31.6 Å². The molecule has 5 nitrogen and oxygen atoms in total. The minimum Gasteiger partial charge on any atom is -0.337 e. The van der Waals surface area contributed by atoms with Crippen LogP contribution in [0.25, 0.3) is 0 Å². The Kier molecular flexibility index (Phi) is 6.30. The molecule has 0 aliphatic heterocycles. The second-order valence-corrected chi connectivity index (χ2v) is 8.56. The molecule has 0 saturated carbocycles. The molecule has 1 N–H and O–H groups in total. The Balaban J connectivity index is 1.63. The van der Waals surface area contributed by atoms with Gasteiger partial charge in [0.1, 0.15) is 0 Å². The SMILES string of the molecule is CC(C)(C)c1[nH]ncc1CN(CCCn1ccnc1)C[C@H]1CC=CCC1. The highest BCUT2D eigenvalue weighted by molar-refractivity contribution is 5.23. The number of nitrogens with one attached hydrogen (secondary N) is 1. The van der Waals surface area contributed by atoms with Gasteiger partial charge in [0, 0.05) is 55.2 Å². The average Bonchev–Trinajstić information content (AvgIpc) is 3.27. The predicted molar refractivity (Wildman–Crippen MR) is 106 cm³/mol. The van der Waals surface area contributed by atoms with Crippen molar-refractivity contribution in [3.63, 3.8) is 0 Å². The van der Waals surface area contributed by atoms with Crippen molar-refractivity contribution in [2.45, 2.75) is 65.0 Å². The molecule has 2 heterocycles. The van der Waals surface area contributed by atoms with Crippen LogP contribution >= 0.6 is 0 Å². The Morgan fingerprint density at radius 3 is 2.88 bits per heavy atom. The molecule has 5 heteroatoms. The van der Waals surface area contributed by atoms with Gasteiger partial charge in [0.15, 0.2) is 0 Å². The topological polar surface area (TPSA) is 49.7 Å². The zero-order valence-corrected chi connectivity index (χ0v) is 16.5. The quantitative estimate of drug-likeness (QED) is 0.724. The normalized spacial score (nSPS) is 17.9. The first-order chi connectivity index (χ1) is 12.5. The van der Waals surface area contributed by atoms with Crippen molar-refractivity contribution in [2.75, 3.05) is 13.1 Å². The Morgan fingerprint density at radius 1 is 1.31 bits per heavy atom. The number of rotatable bonds is 8. The first kappa shape index (κ1) is 18.9. The number of aromatic nitrogens is 4. The number of hydrogen-bond donors (Lipinski definition) is 1. The zero-order chi connectivity index (χ0) is 18.4. The fourth-order valence-corrected chi connectivity index (χ4v) is 3.84. The van der Waals surface area contributed by atoms with Gasteiger partial charge in [-0.25, -0.2) is 4.98 Å². The molecule has 2 aromatic heterocycles. The Hall–Kier alpha value is -1.88. The predicted octanol–water partition coefficient (Wildman–Crippen LogP) is 4.15. The molecular weight excluding hydrogens is 322 g/mol. The average molecular weight is 356 g/mol. The van der Waals surface area contributed by atoms with Crippen LogP contribution in [-0.2, 0) is 18.5 Å². The van der Waals surface area contributed by atoms with Gasteiger partial charge >= 0.3 is 0 Å². The summed E-state index contributed by atoms with van der Waals surface area (Å²) < 4.78 is 2.17. The van der Waals surface area contributed by atoms with Crippen molar-refractivity contribution in [1.29, 1.82) is 0 Å². The fraction of sp³-hybridized carbons (Fsp3) is 0.619. The van der Waals surface area contributed by atoms with Crippen molar-refractivity contribution in [2.24, 2.45) is 5.92 Å². The number of allylic oxidation sites excluding steroid dienone is 2. The first-order valence-corrected chi connectivity index (χ1v) is 9.88. The molecule has 1 aliphatic rings. The smallest absolute Gasteiger partial charge is 0.0945 e. The zero-order valence-electron chi connectivity index (χ0n) is 16.5. The van der Waals surface area contributed by atoms with Gasteiger partial charge in [-0.3, -0.25) is 10.00 Å². The number of aryl methyl sites for hydroxylation is 1. The number of nitrogens with zero attached hydrogens (tertiary/aromatic N) is 4. The number of H-pyrrole nitrogens is 1. The Labute approximate surface area is 157 Å². The van der Waals surface area contributed by atoms with E-state index in [4.69, 9.17) is 0 Å². The van der Waals surface area contributed by atoms with Crippen LogP contribution in [-0.4, -0.2) is 37.7 Å². The lowest BCUT2D eigenvalue weighted by Crippen LogP contribution is -2.32. The highest BCUT2D eigenvalue weighted by atomic mass is 15.2. The van der Waals surface area contributed by atoms with Crippen LogP contribution in [0.2, 0.25) is 0 Å². The van der Waals surface area contributed by atoms with Crippen LogP contribution in [0.5, 0.6) is 0 Å². The molecule has 0 aromatic carbocycles. The van der Waals surface area contributed by atoms with Crippen molar-refractivity contribution in [1.82, 2.24) is 24.6 Å². The largest absolute Gasteiger partial charge is 0.337 e.